The summed E-state index contributed by atoms with van der Waals surface area (Å²) < 4.78 is 7.27. The molecule has 0 unspecified atom stereocenters. The molecule has 0 saturated heterocycles. The van der Waals surface area contributed by atoms with Crippen molar-refractivity contribution >= 4 is 17.0 Å². The van der Waals surface area contributed by atoms with Crippen molar-refractivity contribution in [2.45, 2.75) is 19.9 Å². The molecule has 1 heterocycles. The van der Waals surface area contributed by atoms with Crippen LogP contribution in [0.4, 0.5) is 0 Å². The molecule has 0 amide bonds. The first-order valence-electron chi connectivity index (χ1n) is 6.10. The van der Waals surface area contributed by atoms with E-state index in [2.05, 4.69) is 11.6 Å². The highest BCUT2D eigenvalue weighted by Gasteiger charge is 2.13. The highest BCUT2D eigenvalue weighted by molar-refractivity contribution is 5.79. The average molecular weight is 260 g/mol. The molecule has 2 rings (SSSR count). The molecule has 5 heteroatoms. The van der Waals surface area contributed by atoms with Crippen LogP contribution in [0.15, 0.2) is 30.9 Å². The van der Waals surface area contributed by atoms with Gasteiger partial charge in [0.25, 0.3) is 0 Å². The number of imidazole rings is 1. The number of carboxylic acids is 1. The fraction of sp³-hybridized carbons (Fsp3) is 0.286. The van der Waals surface area contributed by atoms with E-state index in [1.807, 2.05) is 29.7 Å². The summed E-state index contributed by atoms with van der Waals surface area (Å²) in [5.41, 5.74) is 1.63. The summed E-state index contributed by atoms with van der Waals surface area (Å²) in [5.74, 6) is 0.363. The molecule has 0 aliphatic heterocycles. The first-order chi connectivity index (χ1) is 9.15. The molecule has 100 valence electrons. The van der Waals surface area contributed by atoms with Gasteiger partial charge in [-0.2, -0.15) is 0 Å². The van der Waals surface area contributed by atoms with Crippen LogP contribution in [0.25, 0.3) is 11.0 Å². The molecule has 2 aromatic rings. The number of allylic oxidation sites excluding steroid dienone is 1. The average Bonchev–Trinajstić information content (AvgIpc) is 2.67. The molecular weight excluding hydrogens is 244 g/mol. The third-order valence-corrected chi connectivity index (χ3v) is 2.73. The van der Waals surface area contributed by atoms with Gasteiger partial charge in [-0.25, -0.2) is 4.98 Å². The number of hydrogen-bond donors (Lipinski definition) is 1. The Morgan fingerprint density at radius 2 is 2.37 bits per heavy atom. The zero-order chi connectivity index (χ0) is 13.8. The van der Waals surface area contributed by atoms with Crippen LogP contribution in [0.2, 0.25) is 0 Å². The van der Waals surface area contributed by atoms with Gasteiger partial charge in [0.15, 0.2) is 0 Å². The summed E-state index contributed by atoms with van der Waals surface area (Å²) in [4.78, 5) is 15.2. The zero-order valence-corrected chi connectivity index (χ0v) is 10.8. The first kappa shape index (κ1) is 13.1. The van der Waals surface area contributed by atoms with E-state index in [1.165, 1.54) is 0 Å². The third kappa shape index (κ3) is 2.76. The van der Waals surface area contributed by atoms with Crippen molar-refractivity contribution in [3.05, 3.63) is 36.7 Å². The number of ether oxygens (including phenoxy) is 1. The van der Waals surface area contributed by atoms with Gasteiger partial charge in [-0.05, 0) is 19.1 Å². The van der Waals surface area contributed by atoms with Crippen molar-refractivity contribution in [2.75, 3.05) is 6.61 Å². The highest BCUT2D eigenvalue weighted by Crippen LogP contribution is 2.22. The van der Waals surface area contributed by atoms with Crippen molar-refractivity contribution in [3.63, 3.8) is 0 Å². The van der Waals surface area contributed by atoms with E-state index < -0.39 is 5.97 Å². The Hall–Kier alpha value is -2.30. The van der Waals surface area contributed by atoms with Crippen molar-refractivity contribution in [3.8, 4) is 5.75 Å². The number of hydrogen-bond acceptors (Lipinski definition) is 3. The van der Waals surface area contributed by atoms with Gasteiger partial charge in [0, 0.05) is 12.6 Å². The molecule has 0 spiro atoms. The largest absolute Gasteiger partial charge is 0.494 e. The van der Waals surface area contributed by atoms with Gasteiger partial charge in [-0.15, -0.1) is 6.58 Å². The molecule has 5 nitrogen and oxygen atoms in total. The molecule has 0 bridgehead atoms. The number of rotatable bonds is 6. The predicted octanol–water partition coefficient (Wildman–Crippen LogP) is 2.25. The maximum Gasteiger partial charge on any atom is 0.311 e. The molecule has 1 aromatic heterocycles. The van der Waals surface area contributed by atoms with Crippen LogP contribution in [-0.2, 0) is 17.8 Å². The van der Waals surface area contributed by atoms with Crippen LogP contribution in [0, 0.1) is 0 Å². The number of aromatic nitrogens is 2. The van der Waals surface area contributed by atoms with Crippen molar-refractivity contribution in [1.29, 1.82) is 0 Å². The minimum atomic E-state index is -0.898. The standard InChI is InChI=1S/C14H16N2O3/c1-3-7-16-12-6-5-10(19-4-2)8-11(12)15-13(16)9-14(17)18/h3,5-6,8H,1,4,7,9H2,2H3,(H,17,18). The van der Waals surface area contributed by atoms with E-state index in [0.717, 1.165) is 16.8 Å². The van der Waals surface area contributed by atoms with E-state index in [9.17, 15) is 4.79 Å². The topological polar surface area (TPSA) is 64.4 Å². The van der Waals surface area contributed by atoms with Crippen molar-refractivity contribution in [1.82, 2.24) is 9.55 Å². The second-order valence-electron chi connectivity index (χ2n) is 4.08. The van der Waals surface area contributed by atoms with Crippen molar-refractivity contribution < 1.29 is 14.6 Å². The fourth-order valence-corrected chi connectivity index (χ4v) is 2.02. The number of fused-ring (bicyclic) bond motifs is 1. The van der Waals surface area contributed by atoms with E-state index in [0.29, 0.717) is 19.0 Å². The molecule has 0 radical (unpaired) electrons. The summed E-state index contributed by atoms with van der Waals surface area (Å²) in [5, 5.41) is 8.92. The lowest BCUT2D eigenvalue weighted by molar-refractivity contribution is -0.136. The molecular formula is C14H16N2O3. The number of carbonyl (C=O) groups is 1. The summed E-state index contributed by atoms with van der Waals surface area (Å²) in [7, 11) is 0. The number of carboxylic acid groups (broad SMARTS) is 1. The minimum absolute atomic E-state index is 0.105. The maximum atomic E-state index is 10.9. The molecule has 0 fully saturated rings. The number of aliphatic carboxylic acids is 1. The Morgan fingerprint density at radius 1 is 1.58 bits per heavy atom. The van der Waals surface area contributed by atoms with Crippen LogP contribution < -0.4 is 4.74 Å². The van der Waals surface area contributed by atoms with E-state index >= 15 is 0 Å². The second kappa shape index (κ2) is 5.56. The Labute approximate surface area is 111 Å². The molecule has 1 N–H and O–H groups in total. The predicted molar refractivity (Wildman–Crippen MR) is 72.4 cm³/mol. The van der Waals surface area contributed by atoms with E-state index in [-0.39, 0.29) is 6.42 Å². The molecule has 0 saturated carbocycles. The SMILES string of the molecule is C=CCn1c(CC(=O)O)nc2cc(OCC)ccc21. The highest BCUT2D eigenvalue weighted by atomic mass is 16.5. The van der Waals surface area contributed by atoms with Gasteiger partial charge in [0.1, 0.15) is 18.0 Å². The van der Waals surface area contributed by atoms with Crippen LogP contribution in [0.5, 0.6) is 5.75 Å². The summed E-state index contributed by atoms with van der Waals surface area (Å²) in [6.45, 7) is 6.72. The summed E-state index contributed by atoms with van der Waals surface area (Å²) in [6, 6.07) is 5.57. The fourth-order valence-electron chi connectivity index (χ4n) is 2.02. The van der Waals surface area contributed by atoms with Crippen LogP contribution in [0.3, 0.4) is 0 Å². The Balaban J connectivity index is 2.51. The van der Waals surface area contributed by atoms with Gasteiger partial charge < -0.3 is 14.4 Å². The van der Waals surface area contributed by atoms with Gasteiger partial charge >= 0.3 is 5.97 Å². The number of benzene rings is 1. The van der Waals surface area contributed by atoms with Gasteiger partial charge in [-0.3, -0.25) is 4.79 Å². The summed E-state index contributed by atoms with van der Waals surface area (Å²) in [6.07, 6.45) is 1.62. The molecule has 0 aliphatic rings. The third-order valence-electron chi connectivity index (χ3n) is 2.73. The second-order valence-corrected chi connectivity index (χ2v) is 4.08. The van der Waals surface area contributed by atoms with Crippen molar-refractivity contribution in [2.24, 2.45) is 0 Å². The van der Waals surface area contributed by atoms with Crippen LogP contribution in [-0.4, -0.2) is 27.2 Å². The normalized spacial score (nSPS) is 10.6. The lowest BCUT2D eigenvalue weighted by Gasteiger charge is -2.05. The summed E-state index contributed by atoms with van der Waals surface area (Å²) >= 11 is 0. The van der Waals surface area contributed by atoms with Gasteiger partial charge in [-0.1, -0.05) is 6.08 Å². The lowest BCUT2D eigenvalue weighted by Crippen LogP contribution is -2.08. The van der Waals surface area contributed by atoms with Gasteiger partial charge in [0.05, 0.1) is 17.6 Å². The van der Waals surface area contributed by atoms with Gasteiger partial charge in [0.2, 0.25) is 0 Å². The lowest BCUT2D eigenvalue weighted by atomic mass is 10.3. The zero-order valence-electron chi connectivity index (χ0n) is 10.8. The van der Waals surface area contributed by atoms with E-state index in [1.54, 1.807) is 6.08 Å². The Kier molecular flexibility index (Phi) is 3.85. The quantitative estimate of drug-likeness (QED) is 0.809. The van der Waals surface area contributed by atoms with Crippen LogP contribution >= 0.6 is 0 Å². The van der Waals surface area contributed by atoms with E-state index in [4.69, 9.17) is 9.84 Å². The first-order valence-corrected chi connectivity index (χ1v) is 6.10. The molecule has 1 aromatic carbocycles. The molecule has 0 atom stereocenters. The molecule has 0 aliphatic carbocycles. The van der Waals surface area contributed by atoms with Crippen LogP contribution in [0.1, 0.15) is 12.7 Å². The molecule has 19 heavy (non-hydrogen) atoms. The number of nitrogens with zero attached hydrogens (tertiary/aromatic N) is 2. The monoisotopic (exact) mass is 260 g/mol. The Morgan fingerprint density at radius 3 is 3.00 bits per heavy atom. The Bertz CT molecular complexity index is 616. The maximum absolute atomic E-state index is 10.9. The smallest absolute Gasteiger partial charge is 0.311 e. The minimum Gasteiger partial charge on any atom is -0.494 e.